The van der Waals surface area contributed by atoms with E-state index < -0.39 is 5.54 Å². The van der Waals surface area contributed by atoms with Gasteiger partial charge in [-0.25, -0.2) is 0 Å². The molecule has 1 unspecified atom stereocenters. The zero-order valence-corrected chi connectivity index (χ0v) is 12.9. The Bertz CT molecular complexity index is 418. The van der Waals surface area contributed by atoms with Gasteiger partial charge in [0.25, 0.3) is 0 Å². The predicted octanol–water partition coefficient (Wildman–Crippen LogP) is 2.39. The lowest BCUT2D eigenvalue weighted by Gasteiger charge is -2.44. The molecule has 0 radical (unpaired) electrons. The third-order valence-electron chi connectivity index (χ3n) is 4.43. The number of nitrogens with zero attached hydrogens (tertiary/aromatic N) is 1. The molecule has 20 heavy (non-hydrogen) atoms. The van der Waals surface area contributed by atoms with Crippen LogP contribution >= 0.6 is 0 Å². The Morgan fingerprint density at radius 3 is 2.55 bits per heavy atom. The van der Waals surface area contributed by atoms with E-state index in [1.807, 2.05) is 19.9 Å². The number of amides is 2. The van der Waals surface area contributed by atoms with E-state index in [9.17, 15) is 9.59 Å². The van der Waals surface area contributed by atoms with Crippen molar-refractivity contribution >= 4 is 11.8 Å². The zero-order valence-electron chi connectivity index (χ0n) is 12.9. The Hall–Kier alpha value is -1.32. The summed E-state index contributed by atoms with van der Waals surface area (Å²) < 4.78 is 0. The normalized spacial score (nSPS) is 24.9. The smallest absolute Gasteiger partial charge is 0.249 e. The number of hydrogen-bond acceptors (Lipinski definition) is 2. The first-order chi connectivity index (χ1) is 9.50. The summed E-state index contributed by atoms with van der Waals surface area (Å²) in [7, 11) is 0. The van der Waals surface area contributed by atoms with Crippen molar-refractivity contribution in [1.29, 1.82) is 0 Å². The number of hydrogen-bond donors (Lipinski definition) is 1. The van der Waals surface area contributed by atoms with Gasteiger partial charge in [0.05, 0.1) is 0 Å². The number of nitrogens with one attached hydrogen (secondary N) is 1. The van der Waals surface area contributed by atoms with Crippen LogP contribution in [0, 0.1) is 0 Å². The van der Waals surface area contributed by atoms with Crippen LogP contribution in [-0.2, 0) is 9.59 Å². The Labute approximate surface area is 121 Å². The van der Waals surface area contributed by atoms with Crippen LogP contribution in [0.15, 0.2) is 11.6 Å². The molecule has 1 saturated carbocycles. The number of rotatable bonds is 4. The second-order valence-corrected chi connectivity index (χ2v) is 6.32. The summed E-state index contributed by atoms with van der Waals surface area (Å²) >= 11 is 0. The first-order valence-corrected chi connectivity index (χ1v) is 7.76. The summed E-state index contributed by atoms with van der Waals surface area (Å²) in [4.78, 5) is 27.1. The maximum atomic E-state index is 12.9. The zero-order chi connectivity index (χ0) is 14.8. The molecule has 4 heteroatoms. The molecule has 1 saturated heterocycles. The van der Waals surface area contributed by atoms with Crippen molar-refractivity contribution < 1.29 is 9.59 Å². The molecule has 4 nitrogen and oxygen atoms in total. The van der Waals surface area contributed by atoms with Crippen molar-refractivity contribution in [3.63, 3.8) is 0 Å². The molecule has 1 atom stereocenters. The minimum absolute atomic E-state index is 0.0375. The lowest BCUT2D eigenvalue weighted by molar-refractivity contribution is -0.154. The highest BCUT2D eigenvalue weighted by Gasteiger charge is 2.51. The summed E-state index contributed by atoms with van der Waals surface area (Å²) in [5, 5.41) is 3.04. The van der Waals surface area contributed by atoms with E-state index in [4.69, 9.17) is 0 Å². The number of carbonyl (C=O) groups is 2. The summed E-state index contributed by atoms with van der Waals surface area (Å²) in [5.41, 5.74) is 0.580. The molecule has 1 spiro atoms. The second kappa shape index (κ2) is 5.98. The summed E-state index contributed by atoms with van der Waals surface area (Å²) in [6.45, 7) is 6.65. The van der Waals surface area contributed by atoms with Gasteiger partial charge in [-0.1, -0.05) is 37.8 Å². The van der Waals surface area contributed by atoms with Gasteiger partial charge >= 0.3 is 0 Å². The monoisotopic (exact) mass is 278 g/mol. The van der Waals surface area contributed by atoms with E-state index in [0.29, 0.717) is 6.54 Å². The fourth-order valence-corrected chi connectivity index (χ4v) is 3.30. The molecule has 0 aromatic heterocycles. The van der Waals surface area contributed by atoms with E-state index in [2.05, 4.69) is 12.2 Å². The minimum Gasteiger partial charge on any atom is -0.340 e. The van der Waals surface area contributed by atoms with Crippen molar-refractivity contribution in [2.75, 3.05) is 6.54 Å². The average Bonchev–Trinajstić information content (AvgIpc) is 2.85. The van der Waals surface area contributed by atoms with Crippen molar-refractivity contribution in [3.8, 4) is 0 Å². The third kappa shape index (κ3) is 2.74. The Morgan fingerprint density at radius 1 is 1.35 bits per heavy atom. The van der Waals surface area contributed by atoms with E-state index >= 15 is 0 Å². The minimum atomic E-state index is -0.600. The fourth-order valence-electron chi connectivity index (χ4n) is 3.30. The van der Waals surface area contributed by atoms with Crippen LogP contribution < -0.4 is 5.32 Å². The van der Waals surface area contributed by atoms with Crippen molar-refractivity contribution in [2.24, 2.45) is 0 Å². The molecule has 1 N–H and O–H groups in total. The lowest BCUT2D eigenvalue weighted by atomic mass is 9.89. The van der Waals surface area contributed by atoms with Gasteiger partial charge in [-0.3, -0.25) is 9.59 Å². The van der Waals surface area contributed by atoms with Gasteiger partial charge in [-0.2, -0.15) is 0 Å². The second-order valence-electron chi connectivity index (χ2n) is 6.32. The highest BCUT2D eigenvalue weighted by Crippen LogP contribution is 2.35. The van der Waals surface area contributed by atoms with E-state index in [-0.39, 0.29) is 17.9 Å². The standard InChI is InChI=1S/C16H26N2O2/c1-4-7-13-14(19)17-16(9-5-6-10-16)15(20)18(13)11-8-12(2)3/h8,13H,4-7,9-11H2,1-3H3,(H,17,19). The molecule has 0 aromatic rings. The van der Waals surface area contributed by atoms with Crippen molar-refractivity contribution in [3.05, 3.63) is 11.6 Å². The molecule has 2 rings (SSSR count). The highest BCUT2D eigenvalue weighted by molar-refractivity contribution is 6.00. The van der Waals surface area contributed by atoms with Crippen LogP contribution in [0.4, 0.5) is 0 Å². The molecule has 1 heterocycles. The average molecular weight is 278 g/mol. The molecule has 1 aliphatic heterocycles. The number of piperazine rings is 1. The Morgan fingerprint density at radius 2 is 2.00 bits per heavy atom. The van der Waals surface area contributed by atoms with E-state index in [1.54, 1.807) is 4.90 Å². The molecular weight excluding hydrogens is 252 g/mol. The highest BCUT2D eigenvalue weighted by atomic mass is 16.2. The first-order valence-electron chi connectivity index (χ1n) is 7.76. The molecule has 1 aliphatic carbocycles. The summed E-state index contributed by atoms with van der Waals surface area (Å²) in [6, 6.07) is -0.297. The Kier molecular flexibility index (Phi) is 4.51. The van der Waals surface area contributed by atoms with Gasteiger partial charge in [0.1, 0.15) is 11.6 Å². The van der Waals surface area contributed by atoms with Gasteiger partial charge < -0.3 is 10.2 Å². The van der Waals surface area contributed by atoms with Crippen LogP contribution in [0.2, 0.25) is 0 Å². The van der Waals surface area contributed by atoms with Crippen LogP contribution in [0.1, 0.15) is 59.3 Å². The largest absolute Gasteiger partial charge is 0.340 e. The van der Waals surface area contributed by atoms with Gasteiger partial charge in [-0.15, -0.1) is 0 Å². The summed E-state index contributed by atoms with van der Waals surface area (Å²) in [5.74, 6) is 0.168. The first kappa shape index (κ1) is 15.1. The molecular formula is C16H26N2O2. The third-order valence-corrected chi connectivity index (χ3v) is 4.43. The van der Waals surface area contributed by atoms with Gasteiger partial charge in [0.15, 0.2) is 0 Å². The Balaban J connectivity index is 2.25. The molecule has 2 fully saturated rings. The molecule has 2 aliphatic rings. The SMILES string of the molecule is CCCC1C(=O)NC2(CCCC2)C(=O)N1CC=C(C)C. The maximum Gasteiger partial charge on any atom is 0.249 e. The van der Waals surface area contributed by atoms with Crippen LogP contribution in [-0.4, -0.2) is 34.8 Å². The fraction of sp³-hybridized carbons (Fsp3) is 0.750. The number of carbonyl (C=O) groups excluding carboxylic acids is 2. The van der Waals surface area contributed by atoms with Crippen LogP contribution in [0.3, 0.4) is 0 Å². The molecule has 2 amide bonds. The predicted molar refractivity (Wildman–Crippen MR) is 79.2 cm³/mol. The summed E-state index contributed by atoms with van der Waals surface area (Å²) in [6.07, 6.45) is 7.33. The van der Waals surface area contributed by atoms with E-state index in [1.165, 1.54) is 5.57 Å². The van der Waals surface area contributed by atoms with E-state index in [0.717, 1.165) is 38.5 Å². The van der Waals surface area contributed by atoms with Gasteiger partial charge in [-0.05, 0) is 33.1 Å². The molecule has 0 aromatic carbocycles. The van der Waals surface area contributed by atoms with Gasteiger partial charge in [0, 0.05) is 6.54 Å². The van der Waals surface area contributed by atoms with Crippen LogP contribution in [0.5, 0.6) is 0 Å². The topological polar surface area (TPSA) is 49.4 Å². The lowest BCUT2D eigenvalue weighted by Crippen LogP contribution is -2.69. The molecule has 0 bridgehead atoms. The quantitative estimate of drug-likeness (QED) is 0.803. The van der Waals surface area contributed by atoms with Crippen molar-refractivity contribution in [1.82, 2.24) is 10.2 Å². The van der Waals surface area contributed by atoms with Crippen molar-refractivity contribution in [2.45, 2.75) is 70.9 Å². The maximum absolute atomic E-state index is 12.9. The molecule has 112 valence electrons. The van der Waals surface area contributed by atoms with Gasteiger partial charge in [0.2, 0.25) is 11.8 Å². The van der Waals surface area contributed by atoms with Crippen LogP contribution in [0.25, 0.3) is 0 Å². The number of allylic oxidation sites excluding steroid dienone is 1.